The summed E-state index contributed by atoms with van der Waals surface area (Å²) in [6.45, 7) is 3.03. The molecule has 0 saturated carbocycles. The standard InChI is InChI=1S/C14H19N3O2/c1-4-7-15-14-9-11(16-17-14)10-5-6-12(18-2)13(8-10)19-3/h5-6,8-9H,4,7H2,1-3H3,(H2,15,16,17). The van der Waals surface area contributed by atoms with Crippen LogP contribution in [0.5, 0.6) is 11.5 Å². The molecule has 2 rings (SSSR count). The van der Waals surface area contributed by atoms with Gasteiger partial charge in [0.05, 0.1) is 19.9 Å². The summed E-state index contributed by atoms with van der Waals surface area (Å²) in [4.78, 5) is 0. The first-order valence-corrected chi connectivity index (χ1v) is 6.30. The molecule has 0 bridgehead atoms. The van der Waals surface area contributed by atoms with Gasteiger partial charge in [-0.2, -0.15) is 5.10 Å². The average molecular weight is 261 g/mol. The lowest BCUT2D eigenvalue weighted by Gasteiger charge is -2.08. The molecule has 2 aromatic rings. The van der Waals surface area contributed by atoms with Crippen LogP contribution in [0.2, 0.25) is 0 Å². The van der Waals surface area contributed by atoms with Gasteiger partial charge in [-0.1, -0.05) is 6.92 Å². The Morgan fingerprint density at radius 1 is 1.16 bits per heavy atom. The second-order valence-electron chi connectivity index (χ2n) is 4.16. The monoisotopic (exact) mass is 261 g/mol. The van der Waals surface area contributed by atoms with Crippen LogP contribution in [-0.4, -0.2) is 31.0 Å². The third-order valence-corrected chi connectivity index (χ3v) is 2.83. The zero-order chi connectivity index (χ0) is 13.7. The number of methoxy groups -OCH3 is 2. The molecule has 1 heterocycles. The second-order valence-corrected chi connectivity index (χ2v) is 4.16. The molecule has 0 atom stereocenters. The second kappa shape index (κ2) is 6.13. The predicted octanol–water partition coefficient (Wildman–Crippen LogP) is 2.92. The maximum Gasteiger partial charge on any atom is 0.161 e. The molecule has 102 valence electrons. The van der Waals surface area contributed by atoms with Gasteiger partial charge in [0.2, 0.25) is 0 Å². The Labute approximate surface area is 112 Å². The van der Waals surface area contributed by atoms with Crippen LogP contribution in [-0.2, 0) is 0 Å². The molecule has 0 saturated heterocycles. The summed E-state index contributed by atoms with van der Waals surface area (Å²) < 4.78 is 10.5. The minimum atomic E-state index is 0.706. The number of aromatic nitrogens is 2. The van der Waals surface area contributed by atoms with Crippen molar-refractivity contribution >= 4 is 5.82 Å². The number of nitrogens with one attached hydrogen (secondary N) is 2. The Morgan fingerprint density at radius 2 is 1.95 bits per heavy atom. The lowest BCUT2D eigenvalue weighted by Crippen LogP contribution is -1.99. The van der Waals surface area contributed by atoms with E-state index in [0.717, 1.165) is 35.8 Å². The summed E-state index contributed by atoms with van der Waals surface area (Å²) in [5.74, 6) is 2.28. The molecule has 0 spiro atoms. The zero-order valence-corrected chi connectivity index (χ0v) is 11.5. The van der Waals surface area contributed by atoms with Crippen molar-refractivity contribution in [1.82, 2.24) is 10.2 Å². The maximum absolute atomic E-state index is 5.30. The highest BCUT2D eigenvalue weighted by Crippen LogP contribution is 2.32. The molecule has 0 unspecified atom stereocenters. The fourth-order valence-electron chi connectivity index (χ4n) is 1.82. The summed E-state index contributed by atoms with van der Waals surface area (Å²) in [6, 6.07) is 7.76. The average Bonchev–Trinajstić information content (AvgIpc) is 2.93. The van der Waals surface area contributed by atoms with Crippen LogP contribution in [0.15, 0.2) is 24.3 Å². The van der Waals surface area contributed by atoms with Crippen molar-refractivity contribution in [3.8, 4) is 22.8 Å². The van der Waals surface area contributed by atoms with Gasteiger partial charge >= 0.3 is 0 Å². The van der Waals surface area contributed by atoms with Gasteiger partial charge in [-0.3, -0.25) is 5.10 Å². The summed E-state index contributed by atoms with van der Waals surface area (Å²) in [5.41, 5.74) is 1.95. The molecule has 0 aliphatic rings. The SMILES string of the molecule is CCCNc1cc(-c2ccc(OC)c(OC)c2)[nH]n1. The first kappa shape index (κ1) is 13.3. The topological polar surface area (TPSA) is 59.2 Å². The van der Waals surface area contributed by atoms with Crippen molar-refractivity contribution in [1.29, 1.82) is 0 Å². The molecular weight excluding hydrogens is 242 g/mol. The molecule has 5 heteroatoms. The Kier molecular flexibility index (Phi) is 4.28. The number of aromatic amines is 1. The van der Waals surface area contributed by atoms with E-state index in [0.29, 0.717) is 5.75 Å². The summed E-state index contributed by atoms with van der Waals surface area (Å²) in [5, 5.41) is 10.5. The van der Waals surface area contributed by atoms with Crippen LogP contribution in [0.1, 0.15) is 13.3 Å². The lowest BCUT2D eigenvalue weighted by molar-refractivity contribution is 0.355. The van der Waals surface area contributed by atoms with Crippen molar-refractivity contribution in [2.75, 3.05) is 26.1 Å². The van der Waals surface area contributed by atoms with E-state index in [1.54, 1.807) is 14.2 Å². The number of hydrogen-bond acceptors (Lipinski definition) is 4. The first-order chi connectivity index (χ1) is 9.28. The smallest absolute Gasteiger partial charge is 0.161 e. The summed E-state index contributed by atoms with van der Waals surface area (Å²) in [7, 11) is 3.25. The molecular formula is C14H19N3O2. The van der Waals surface area contributed by atoms with Gasteiger partial charge in [0.25, 0.3) is 0 Å². The van der Waals surface area contributed by atoms with Gasteiger partial charge in [-0.15, -0.1) is 0 Å². The number of ether oxygens (including phenoxy) is 2. The predicted molar refractivity (Wildman–Crippen MR) is 75.9 cm³/mol. The molecule has 19 heavy (non-hydrogen) atoms. The lowest BCUT2D eigenvalue weighted by atomic mass is 10.1. The minimum absolute atomic E-state index is 0.706. The minimum Gasteiger partial charge on any atom is -0.493 e. The fourth-order valence-corrected chi connectivity index (χ4v) is 1.82. The Bertz CT molecular complexity index is 537. The van der Waals surface area contributed by atoms with Crippen molar-refractivity contribution in [3.63, 3.8) is 0 Å². The molecule has 1 aromatic heterocycles. The normalized spacial score (nSPS) is 10.3. The first-order valence-electron chi connectivity index (χ1n) is 6.30. The van der Waals surface area contributed by atoms with Crippen LogP contribution < -0.4 is 14.8 Å². The van der Waals surface area contributed by atoms with E-state index in [4.69, 9.17) is 9.47 Å². The molecule has 1 aromatic carbocycles. The third kappa shape index (κ3) is 2.99. The van der Waals surface area contributed by atoms with Gasteiger partial charge in [-0.25, -0.2) is 0 Å². The third-order valence-electron chi connectivity index (χ3n) is 2.83. The van der Waals surface area contributed by atoms with E-state index in [2.05, 4.69) is 22.4 Å². The zero-order valence-electron chi connectivity index (χ0n) is 11.5. The Morgan fingerprint density at radius 3 is 2.63 bits per heavy atom. The van der Waals surface area contributed by atoms with Gasteiger partial charge in [0.15, 0.2) is 11.5 Å². The number of hydrogen-bond donors (Lipinski definition) is 2. The fraction of sp³-hybridized carbons (Fsp3) is 0.357. The van der Waals surface area contributed by atoms with E-state index in [1.807, 2.05) is 24.3 Å². The van der Waals surface area contributed by atoms with E-state index < -0.39 is 0 Å². The molecule has 5 nitrogen and oxygen atoms in total. The van der Waals surface area contributed by atoms with Gasteiger partial charge in [0.1, 0.15) is 5.82 Å². The summed E-state index contributed by atoms with van der Waals surface area (Å²) >= 11 is 0. The van der Waals surface area contributed by atoms with Gasteiger partial charge < -0.3 is 14.8 Å². The molecule has 0 aliphatic carbocycles. The number of nitrogens with zero attached hydrogens (tertiary/aromatic N) is 1. The molecule has 0 radical (unpaired) electrons. The van der Waals surface area contributed by atoms with E-state index in [-0.39, 0.29) is 0 Å². The molecule has 0 fully saturated rings. The Balaban J connectivity index is 2.23. The highest BCUT2D eigenvalue weighted by Gasteiger charge is 2.08. The number of rotatable bonds is 6. The van der Waals surface area contributed by atoms with Crippen LogP contribution in [0.4, 0.5) is 5.82 Å². The Hall–Kier alpha value is -2.17. The number of benzene rings is 1. The van der Waals surface area contributed by atoms with E-state index in [9.17, 15) is 0 Å². The van der Waals surface area contributed by atoms with Crippen LogP contribution in [0, 0.1) is 0 Å². The van der Waals surface area contributed by atoms with Crippen molar-refractivity contribution in [2.45, 2.75) is 13.3 Å². The van der Waals surface area contributed by atoms with Gasteiger partial charge in [0, 0.05) is 18.2 Å². The van der Waals surface area contributed by atoms with Crippen molar-refractivity contribution in [2.24, 2.45) is 0 Å². The van der Waals surface area contributed by atoms with E-state index in [1.165, 1.54) is 0 Å². The molecule has 0 amide bonds. The highest BCUT2D eigenvalue weighted by molar-refractivity contribution is 5.66. The molecule has 2 N–H and O–H groups in total. The molecule has 0 aliphatic heterocycles. The quantitative estimate of drug-likeness (QED) is 0.839. The van der Waals surface area contributed by atoms with Crippen LogP contribution in [0.25, 0.3) is 11.3 Å². The maximum atomic E-state index is 5.30. The summed E-state index contributed by atoms with van der Waals surface area (Å²) in [6.07, 6.45) is 1.07. The van der Waals surface area contributed by atoms with Crippen LogP contribution in [0.3, 0.4) is 0 Å². The van der Waals surface area contributed by atoms with Gasteiger partial charge in [-0.05, 0) is 24.6 Å². The number of H-pyrrole nitrogens is 1. The van der Waals surface area contributed by atoms with Crippen LogP contribution >= 0.6 is 0 Å². The largest absolute Gasteiger partial charge is 0.493 e. The van der Waals surface area contributed by atoms with Crippen molar-refractivity contribution < 1.29 is 9.47 Å². The number of anilines is 1. The highest BCUT2D eigenvalue weighted by atomic mass is 16.5. The van der Waals surface area contributed by atoms with E-state index >= 15 is 0 Å². The van der Waals surface area contributed by atoms with Crippen molar-refractivity contribution in [3.05, 3.63) is 24.3 Å².